The van der Waals surface area contributed by atoms with Crippen LogP contribution in [0.5, 0.6) is 0 Å². The van der Waals surface area contributed by atoms with Gasteiger partial charge in [-0.3, -0.25) is 9.78 Å². The van der Waals surface area contributed by atoms with Gasteiger partial charge in [-0.1, -0.05) is 6.07 Å². The van der Waals surface area contributed by atoms with Gasteiger partial charge in [-0.05, 0) is 62.5 Å². The summed E-state index contributed by atoms with van der Waals surface area (Å²) < 4.78 is 0. The number of rotatable bonds is 4. The minimum Gasteiger partial charge on any atom is -0.325 e. The summed E-state index contributed by atoms with van der Waals surface area (Å²) in [5.74, 6) is 0.788. The molecule has 1 fully saturated rings. The van der Waals surface area contributed by atoms with Crippen LogP contribution in [0.1, 0.15) is 25.7 Å². The van der Waals surface area contributed by atoms with E-state index in [4.69, 9.17) is 0 Å². The van der Waals surface area contributed by atoms with Gasteiger partial charge < -0.3 is 10.6 Å². The van der Waals surface area contributed by atoms with Crippen molar-refractivity contribution in [3.63, 3.8) is 0 Å². The highest BCUT2D eigenvalue weighted by Crippen LogP contribution is 2.22. The van der Waals surface area contributed by atoms with E-state index in [2.05, 4.69) is 15.6 Å². The Bertz CT molecular complexity index is 615. The van der Waals surface area contributed by atoms with E-state index in [1.54, 1.807) is 6.20 Å². The molecule has 2 aromatic rings. The van der Waals surface area contributed by atoms with E-state index < -0.39 is 0 Å². The van der Waals surface area contributed by atoms with Crippen LogP contribution in [0.25, 0.3) is 10.9 Å². The number of carbonyl (C=O) groups is 1. The van der Waals surface area contributed by atoms with Crippen LogP contribution in [0.15, 0.2) is 36.5 Å². The fourth-order valence-electron chi connectivity index (χ4n) is 2.93. The summed E-state index contributed by atoms with van der Waals surface area (Å²) in [5, 5.41) is 7.38. The third-order valence-electron chi connectivity index (χ3n) is 4.16. The van der Waals surface area contributed by atoms with Gasteiger partial charge in [0.05, 0.1) is 11.2 Å². The number of fused-ring (bicyclic) bond motifs is 1. The van der Waals surface area contributed by atoms with Gasteiger partial charge in [0.2, 0.25) is 5.91 Å². The highest BCUT2D eigenvalue weighted by Gasteiger charge is 2.14. The molecule has 4 nitrogen and oxygen atoms in total. The van der Waals surface area contributed by atoms with E-state index in [-0.39, 0.29) is 5.91 Å². The first-order valence-electron chi connectivity index (χ1n) is 7.67. The molecule has 4 heteroatoms. The number of nitrogens with zero attached hydrogens (tertiary/aromatic N) is 1. The molecule has 0 atom stereocenters. The summed E-state index contributed by atoms with van der Waals surface area (Å²) in [5.41, 5.74) is 1.77. The number of hydrogen-bond acceptors (Lipinski definition) is 3. The van der Waals surface area contributed by atoms with Crippen LogP contribution < -0.4 is 10.6 Å². The second-order valence-electron chi connectivity index (χ2n) is 5.66. The largest absolute Gasteiger partial charge is 0.325 e. The molecule has 0 radical (unpaired) electrons. The molecule has 2 heterocycles. The summed E-state index contributed by atoms with van der Waals surface area (Å²) in [4.78, 5) is 16.5. The van der Waals surface area contributed by atoms with Crippen molar-refractivity contribution in [2.24, 2.45) is 5.92 Å². The molecule has 1 saturated heterocycles. The van der Waals surface area contributed by atoms with Crippen LogP contribution in [-0.2, 0) is 4.79 Å². The number of carbonyl (C=O) groups excluding carboxylic acids is 1. The Morgan fingerprint density at radius 3 is 2.95 bits per heavy atom. The van der Waals surface area contributed by atoms with Gasteiger partial charge in [0.15, 0.2) is 0 Å². The van der Waals surface area contributed by atoms with Crippen LogP contribution in [0, 0.1) is 5.92 Å². The number of anilines is 1. The maximum Gasteiger partial charge on any atom is 0.224 e. The second-order valence-corrected chi connectivity index (χ2v) is 5.66. The molecule has 2 N–H and O–H groups in total. The van der Waals surface area contributed by atoms with Gasteiger partial charge in [0.25, 0.3) is 0 Å². The molecule has 110 valence electrons. The molecule has 0 unspecified atom stereocenters. The molecular formula is C17H21N3O. The molecule has 0 aliphatic carbocycles. The Hall–Kier alpha value is -1.94. The fraction of sp³-hybridized carbons (Fsp3) is 0.412. The SMILES string of the molecule is O=C(CCC1CCNCC1)Nc1cccc2ncccc12. The van der Waals surface area contributed by atoms with E-state index >= 15 is 0 Å². The molecular weight excluding hydrogens is 262 g/mol. The average molecular weight is 283 g/mol. The van der Waals surface area contributed by atoms with E-state index in [0.717, 1.165) is 36.1 Å². The molecule has 1 aromatic heterocycles. The minimum absolute atomic E-state index is 0.102. The molecule has 1 amide bonds. The monoisotopic (exact) mass is 283 g/mol. The number of piperidine rings is 1. The lowest BCUT2D eigenvalue weighted by molar-refractivity contribution is -0.116. The number of hydrogen-bond donors (Lipinski definition) is 2. The Labute approximate surface area is 125 Å². The van der Waals surface area contributed by atoms with E-state index in [1.165, 1.54) is 12.8 Å². The Morgan fingerprint density at radius 2 is 2.10 bits per heavy atom. The molecule has 0 bridgehead atoms. The molecule has 0 saturated carbocycles. The zero-order chi connectivity index (χ0) is 14.5. The number of nitrogens with one attached hydrogen (secondary N) is 2. The van der Waals surface area contributed by atoms with E-state index in [1.807, 2.05) is 30.3 Å². The zero-order valence-corrected chi connectivity index (χ0v) is 12.1. The number of benzene rings is 1. The minimum atomic E-state index is 0.102. The van der Waals surface area contributed by atoms with Crippen molar-refractivity contribution in [3.05, 3.63) is 36.5 Å². The molecule has 3 rings (SSSR count). The second kappa shape index (κ2) is 6.68. The van der Waals surface area contributed by atoms with Crippen LogP contribution in [0.3, 0.4) is 0 Å². The molecule has 0 spiro atoms. The van der Waals surface area contributed by atoms with E-state index in [9.17, 15) is 4.79 Å². The first-order chi connectivity index (χ1) is 10.3. The van der Waals surface area contributed by atoms with Crippen LogP contribution in [0.2, 0.25) is 0 Å². The van der Waals surface area contributed by atoms with Gasteiger partial charge >= 0.3 is 0 Å². The summed E-state index contributed by atoms with van der Waals surface area (Å²) >= 11 is 0. The molecule has 1 aromatic carbocycles. The van der Waals surface area contributed by atoms with E-state index in [0.29, 0.717) is 12.3 Å². The summed E-state index contributed by atoms with van der Waals surface area (Å²) in [7, 11) is 0. The van der Waals surface area contributed by atoms with Gasteiger partial charge in [-0.25, -0.2) is 0 Å². The number of pyridine rings is 1. The van der Waals surface area contributed by atoms with Crippen molar-refractivity contribution in [1.82, 2.24) is 10.3 Å². The van der Waals surface area contributed by atoms with Crippen molar-refractivity contribution in [2.75, 3.05) is 18.4 Å². The van der Waals surface area contributed by atoms with Gasteiger partial charge in [0, 0.05) is 18.0 Å². The summed E-state index contributed by atoms with van der Waals surface area (Å²) in [6.45, 7) is 2.17. The maximum absolute atomic E-state index is 12.2. The van der Waals surface area contributed by atoms with Crippen molar-refractivity contribution in [2.45, 2.75) is 25.7 Å². The average Bonchev–Trinajstić information content (AvgIpc) is 2.54. The standard InChI is InChI=1S/C17H21N3O/c21-17(7-6-13-8-11-18-12-9-13)20-16-5-1-4-15-14(16)3-2-10-19-15/h1-5,10,13,18H,6-9,11-12H2,(H,20,21). The Morgan fingerprint density at radius 1 is 1.24 bits per heavy atom. The third kappa shape index (κ3) is 3.58. The number of aromatic nitrogens is 1. The van der Waals surface area contributed by atoms with Crippen LogP contribution >= 0.6 is 0 Å². The molecule has 21 heavy (non-hydrogen) atoms. The van der Waals surface area contributed by atoms with Crippen molar-refractivity contribution in [3.8, 4) is 0 Å². The van der Waals surface area contributed by atoms with Gasteiger partial charge in [-0.15, -0.1) is 0 Å². The summed E-state index contributed by atoms with van der Waals surface area (Å²) in [6, 6.07) is 9.71. The van der Waals surface area contributed by atoms with Crippen molar-refractivity contribution >= 4 is 22.5 Å². The van der Waals surface area contributed by atoms with Gasteiger partial charge in [-0.2, -0.15) is 0 Å². The number of amides is 1. The van der Waals surface area contributed by atoms with Crippen molar-refractivity contribution in [1.29, 1.82) is 0 Å². The zero-order valence-electron chi connectivity index (χ0n) is 12.1. The first kappa shape index (κ1) is 14.0. The van der Waals surface area contributed by atoms with Crippen LogP contribution in [0.4, 0.5) is 5.69 Å². The van der Waals surface area contributed by atoms with Gasteiger partial charge in [0.1, 0.15) is 0 Å². The molecule has 1 aliphatic rings. The quantitative estimate of drug-likeness (QED) is 0.907. The van der Waals surface area contributed by atoms with Crippen molar-refractivity contribution < 1.29 is 4.79 Å². The summed E-state index contributed by atoms with van der Waals surface area (Å²) in [6.07, 6.45) is 5.72. The smallest absolute Gasteiger partial charge is 0.224 e. The lowest BCUT2D eigenvalue weighted by Crippen LogP contribution is -2.28. The normalized spacial score (nSPS) is 16.0. The third-order valence-corrected chi connectivity index (χ3v) is 4.16. The first-order valence-corrected chi connectivity index (χ1v) is 7.67. The fourth-order valence-corrected chi connectivity index (χ4v) is 2.93. The predicted octanol–water partition coefficient (Wildman–Crippen LogP) is 2.95. The Kier molecular flexibility index (Phi) is 4.46. The highest BCUT2D eigenvalue weighted by molar-refractivity contribution is 6.00. The maximum atomic E-state index is 12.2. The lowest BCUT2D eigenvalue weighted by atomic mass is 9.93. The lowest BCUT2D eigenvalue weighted by Gasteiger charge is -2.22. The highest BCUT2D eigenvalue weighted by atomic mass is 16.1. The molecule has 1 aliphatic heterocycles. The predicted molar refractivity (Wildman–Crippen MR) is 85.2 cm³/mol. The Balaban J connectivity index is 1.61. The topological polar surface area (TPSA) is 54.0 Å². The van der Waals surface area contributed by atoms with Crippen LogP contribution in [-0.4, -0.2) is 24.0 Å².